The summed E-state index contributed by atoms with van der Waals surface area (Å²) in [5.74, 6) is 0.523. The molecule has 5 rings (SSSR count). The monoisotopic (exact) mass is 577 g/mol. The van der Waals surface area contributed by atoms with Crippen LogP contribution in [0.15, 0.2) is 6.20 Å². The van der Waals surface area contributed by atoms with E-state index in [1.54, 1.807) is 0 Å². The lowest BCUT2D eigenvalue weighted by atomic mass is 10.1. The molecule has 0 radical (unpaired) electrons. The Morgan fingerprint density at radius 1 is 1.11 bits per heavy atom. The minimum atomic E-state index is -4.88. The number of ether oxygens (including phenoxy) is 4. The number of anilines is 1. The lowest BCUT2D eigenvalue weighted by molar-refractivity contribution is -0.133. The van der Waals surface area contributed by atoms with Gasteiger partial charge in [-0.05, 0) is 37.3 Å². The van der Waals surface area contributed by atoms with E-state index in [9.17, 15) is 24.6 Å². The maximum Gasteiger partial charge on any atom is 0.361 e. The fourth-order valence-electron chi connectivity index (χ4n) is 5.01. The molecule has 0 amide bonds. The SMILES string of the molecule is O=P(O)(O)C1(OC[C@H]2O[C@@H](n3ncc4c(NC5CCCC5)nc(Cl)nc43)[C@H](O)[C@@H]2O)COCCCCOC1. The lowest BCUT2D eigenvalue weighted by Gasteiger charge is -2.34. The molecule has 14 nitrogen and oxygen atoms in total. The smallest absolute Gasteiger partial charge is 0.361 e. The number of rotatable bonds is 7. The van der Waals surface area contributed by atoms with Crippen LogP contribution in [0.3, 0.4) is 0 Å². The maximum absolute atomic E-state index is 12.4. The van der Waals surface area contributed by atoms with Crippen LogP contribution in [0.1, 0.15) is 44.8 Å². The molecule has 0 aromatic carbocycles. The number of fused-ring (bicyclic) bond motifs is 1. The number of nitrogens with one attached hydrogen (secondary N) is 1. The number of halogens is 1. The van der Waals surface area contributed by atoms with Gasteiger partial charge >= 0.3 is 7.60 Å². The van der Waals surface area contributed by atoms with E-state index in [2.05, 4.69) is 20.4 Å². The predicted molar refractivity (Wildman–Crippen MR) is 134 cm³/mol. The second-order valence-electron chi connectivity index (χ2n) is 9.95. The van der Waals surface area contributed by atoms with Gasteiger partial charge in [0.25, 0.3) is 0 Å². The first kappa shape index (κ1) is 28.1. The van der Waals surface area contributed by atoms with Gasteiger partial charge in [0.2, 0.25) is 10.6 Å². The third-order valence-corrected chi connectivity index (χ3v) is 8.85. The number of aliphatic hydroxyl groups excluding tert-OH is 2. The first-order valence-electron chi connectivity index (χ1n) is 12.7. The molecule has 3 fully saturated rings. The van der Waals surface area contributed by atoms with Gasteiger partial charge in [-0.15, -0.1) is 0 Å². The topological polar surface area (TPSA) is 191 Å². The molecule has 38 heavy (non-hydrogen) atoms. The molecule has 2 saturated heterocycles. The fraction of sp³-hybridized carbons (Fsp3) is 0.773. The quantitative estimate of drug-likeness (QED) is 0.233. The zero-order valence-corrected chi connectivity index (χ0v) is 22.3. The van der Waals surface area contributed by atoms with E-state index in [1.807, 2.05) is 0 Å². The Morgan fingerprint density at radius 3 is 2.45 bits per heavy atom. The second-order valence-corrected chi connectivity index (χ2v) is 12.2. The van der Waals surface area contributed by atoms with Gasteiger partial charge in [0, 0.05) is 19.3 Å². The van der Waals surface area contributed by atoms with E-state index < -0.39 is 57.3 Å². The van der Waals surface area contributed by atoms with Crippen LogP contribution < -0.4 is 5.32 Å². The first-order valence-corrected chi connectivity index (χ1v) is 14.7. The molecule has 2 aromatic rings. The summed E-state index contributed by atoms with van der Waals surface area (Å²) in [6.45, 7) is -0.654. The normalized spacial score (nSPS) is 29.3. The van der Waals surface area contributed by atoms with Gasteiger partial charge in [-0.1, -0.05) is 12.8 Å². The fourth-order valence-corrected chi connectivity index (χ4v) is 5.94. The summed E-state index contributed by atoms with van der Waals surface area (Å²) in [5, 5.41) is 27.7. The van der Waals surface area contributed by atoms with E-state index in [0.717, 1.165) is 25.7 Å². The highest BCUT2D eigenvalue weighted by molar-refractivity contribution is 7.53. The number of nitrogens with zero attached hydrogens (tertiary/aromatic N) is 4. The molecule has 0 spiro atoms. The van der Waals surface area contributed by atoms with E-state index in [4.69, 9.17) is 30.5 Å². The van der Waals surface area contributed by atoms with Crippen LogP contribution in [0.4, 0.5) is 5.82 Å². The standard InChI is InChI=1S/C22H33ClN5O9P/c23-21-26-18(25-13-5-1-2-6-13)14-9-24-28(19(14)27-21)20-17(30)16(29)15(37-20)10-36-22(38(31,32)33)11-34-7-3-4-8-35-12-22/h9,13,15-17,20,29-30H,1-8,10-12H2,(H,25,26,27)(H2,31,32,33)/t15-,16-,17-,20-/m1/s1. The summed E-state index contributed by atoms with van der Waals surface area (Å²) in [7, 11) is -4.88. The maximum atomic E-state index is 12.4. The third-order valence-electron chi connectivity index (χ3n) is 7.23. The number of hydrogen-bond acceptors (Lipinski definition) is 11. The summed E-state index contributed by atoms with van der Waals surface area (Å²) < 4.78 is 36.3. The molecule has 4 heterocycles. The Bertz CT molecular complexity index is 1150. The zero-order chi connectivity index (χ0) is 26.9. The Kier molecular flexibility index (Phi) is 8.56. The molecule has 0 unspecified atom stereocenters. The summed E-state index contributed by atoms with van der Waals surface area (Å²) >= 11 is 6.20. The van der Waals surface area contributed by atoms with Crippen LogP contribution in [0.2, 0.25) is 5.28 Å². The Balaban J connectivity index is 1.34. The van der Waals surface area contributed by atoms with Crippen LogP contribution in [0.25, 0.3) is 11.0 Å². The second kappa shape index (κ2) is 11.6. The van der Waals surface area contributed by atoms with Crippen LogP contribution >= 0.6 is 19.2 Å². The van der Waals surface area contributed by atoms with Crippen molar-refractivity contribution in [2.24, 2.45) is 0 Å². The summed E-state index contributed by atoms with van der Waals surface area (Å²) in [6, 6.07) is 0.260. The van der Waals surface area contributed by atoms with Gasteiger partial charge in [0.1, 0.15) is 24.1 Å². The van der Waals surface area contributed by atoms with Crippen LogP contribution in [0.5, 0.6) is 0 Å². The van der Waals surface area contributed by atoms with Crippen LogP contribution in [-0.2, 0) is 23.5 Å². The zero-order valence-electron chi connectivity index (χ0n) is 20.7. The average molecular weight is 578 g/mol. The molecular weight excluding hydrogens is 545 g/mol. The van der Waals surface area contributed by atoms with Crippen LogP contribution in [0, 0.1) is 0 Å². The summed E-state index contributed by atoms with van der Waals surface area (Å²) in [5.41, 5.74) is 0.299. The van der Waals surface area contributed by atoms with Crippen molar-refractivity contribution < 1.29 is 43.5 Å². The molecular formula is C22H33ClN5O9P. The number of aliphatic hydroxyl groups is 2. The van der Waals surface area contributed by atoms with Crippen molar-refractivity contribution in [2.75, 3.05) is 38.4 Å². The Morgan fingerprint density at radius 2 is 1.79 bits per heavy atom. The summed E-state index contributed by atoms with van der Waals surface area (Å²) in [6.07, 6.45) is 1.99. The van der Waals surface area contributed by atoms with Crippen molar-refractivity contribution in [2.45, 2.75) is 74.4 Å². The molecule has 3 aliphatic rings. The predicted octanol–water partition coefficient (Wildman–Crippen LogP) is 1.17. The minimum Gasteiger partial charge on any atom is -0.387 e. The average Bonchev–Trinajstić information content (AvgIpc) is 3.60. The van der Waals surface area contributed by atoms with E-state index in [0.29, 0.717) is 42.9 Å². The number of hydrogen-bond donors (Lipinski definition) is 5. The molecule has 2 aromatic heterocycles. The third kappa shape index (κ3) is 5.71. The highest BCUT2D eigenvalue weighted by Gasteiger charge is 2.52. The van der Waals surface area contributed by atoms with Crippen molar-refractivity contribution in [3.8, 4) is 0 Å². The van der Waals surface area contributed by atoms with E-state index >= 15 is 0 Å². The Labute approximate surface area is 223 Å². The van der Waals surface area contributed by atoms with E-state index in [1.165, 1.54) is 10.9 Å². The van der Waals surface area contributed by atoms with Gasteiger partial charge in [-0.2, -0.15) is 15.1 Å². The highest BCUT2D eigenvalue weighted by Crippen LogP contribution is 2.52. The molecule has 16 heteroatoms. The number of aromatic nitrogens is 4. The molecule has 0 bridgehead atoms. The van der Waals surface area contributed by atoms with Gasteiger partial charge in [0.15, 0.2) is 11.9 Å². The van der Waals surface area contributed by atoms with Gasteiger partial charge in [0.05, 0.1) is 31.4 Å². The van der Waals surface area contributed by atoms with Gasteiger partial charge in [-0.25, -0.2) is 4.68 Å². The highest BCUT2D eigenvalue weighted by atomic mass is 35.5. The first-order chi connectivity index (χ1) is 18.2. The van der Waals surface area contributed by atoms with Crippen LogP contribution in [-0.4, -0.2) is 102 Å². The molecule has 1 saturated carbocycles. The molecule has 212 valence electrons. The minimum absolute atomic E-state index is 0.0172. The van der Waals surface area contributed by atoms with Gasteiger partial charge in [-0.3, -0.25) is 4.57 Å². The molecule has 1 aliphatic carbocycles. The van der Waals surface area contributed by atoms with Crippen molar-refractivity contribution >= 4 is 36.0 Å². The Hall–Kier alpha value is -1.45. The van der Waals surface area contributed by atoms with Crippen molar-refractivity contribution in [1.29, 1.82) is 0 Å². The molecule has 5 N–H and O–H groups in total. The van der Waals surface area contributed by atoms with Crippen molar-refractivity contribution in [3.63, 3.8) is 0 Å². The van der Waals surface area contributed by atoms with Crippen molar-refractivity contribution in [1.82, 2.24) is 19.7 Å². The van der Waals surface area contributed by atoms with E-state index in [-0.39, 0.29) is 11.3 Å². The molecule has 4 atom stereocenters. The van der Waals surface area contributed by atoms with Crippen molar-refractivity contribution in [3.05, 3.63) is 11.5 Å². The lowest BCUT2D eigenvalue weighted by Crippen LogP contribution is -2.45. The molecule has 2 aliphatic heterocycles. The summed E-state index contributed by atoms with van der Waals surface area (Å²) in [4.78, 5) is 28.8. The largest absolute Gasteiger partial charge is 0.387 e. The van der Waals surface area contributed by atoms with Gasteiger partial charge < -0.3 is 44.3 Å².